The molecule has 0 saturated heterocycles. The highest BCUT2D eigenvalue weighted by Gasteiger charge is 2.19. The van der Waals surface area contributed by atoms with Gasteiger partial charge in [-0.05, 0) is 42.3 Å². The summed E-state index contributed by atoms with van der Waals surface area (Å²) in [4.78, 5) is 12.8. The Hall–Kier alpha value is -4.72. The molecular weight excluding hydrogens is 428 g/mol. The summed E-state index contributed by atoms with van der Waals surface area (Å²) in [5.74, 6) is 2.60. The van der Waals surface area contributed by atoms with Crippen LogP contribution in [0.4, 0.5) is 11.5 Å². The number of hydrogen-bond acceptors (Lipinski definition) is 7. The van der Waals surface area contributed by atoms with Gasteiger partial charge in [-0.1, -0.05) is 30.4 Å². The van der Waals surface area contributed by atoms with Gasteiger partial charge in [0.05, 0.1) is 12.8 Å². The second-order valence-electron chi connectivity index (χ2n) is 7.73. The number of fused-ring (bicyclic) bond motifs is 2. The minimum atomic E-state index is 0.438. The summed E-state index contributed by atoms with van der Waals surface area (Å²) >= 11 is 0. The van der Waals surface area contributed by atoms with E-state index < -0.39 is 0 Å². The molecule has 0 radical (unpaired) electrons. The fraction of sp³-hybridized carbons (Fsp3) is 0.0769. The maximum atomic E-state index is 6.24. The molecule has 0 bridgehead atoms. The lowest BCUT2D eigenvalue weighted by atomic mass is 10.1. The van der Waals surface area contributed by atoms with Crippen molar-refractivity contribution in [1.29, 1.82) is 0 Å². The van der Waals surface area contributed by atoms with Gasteiger partial charge in [-0.15, -0.1) is 5.10 Å². The molecule has 166 valence electrons. The first kappa shape index (κ1) is 19.9. The average Bonchev–Trinajstić information content (AvgIpc) is 3.51. The summed E-state index contributed by atoms with van der Waals surface area (Å²) in [5, 5.41) is 8.84. The quantitative estimate of drug-likeness (QED) is 0.376. The largest absolute Gasteiger partial charge is 0.480 e. The highest BCUT2D eigenvalue weighted by Crippen LogP contribution is 2.35. The van der Waals surface area contributed by atoms with Crippen molar-refractivity contribution in [1.82, 2.24) is 24.7 Å². The van der Waals surface area contributed by atoms with Crippen LogP contribution in [0.25, 0.3) is 22.8 Å². The SMILES string of the molecule is COc1ncnc2c1c(Nc1cccc(Oc3cccc4c3CC=C4)c1)nn2-c1ccncc1. The number of nitrogens with one attached hydrogen (secondary N) is 1. The summed E-state index contributed by atoms with van der Waals surface area (Å²) in [5.41, 5.74) is 4.67. The maximum absolute atomic E-state index is 6.24. The molecule has 8 nitrogen and oxygen atoms in total. The Balaban J connectivity index is 1.37. The van der Waals surface area contributed by atoms with Crippen molar-refractivity contribution < 1.29 is 9.47 Å². The Kier molecular flexibility index (Phi) is 4.88. The molecule has 3 heterocycles. The second-order valence-corrected chi connectivity index (χ2v) is 7.73. The highest BCUT2D eigenvalue weighted by atomic mass is 16.5. The lowest BCUT2D eigenvalue weighted by Crippen LogP contribution is -1.99. The zero-order valence-corrected chi connectivity index (χ0v) is 18.3. The number of methoxy groups -OCH3 is 1. The molecule has 6 rings (SSSR count). The highest BCUT2D eigenvalue weighted by molar-refractivity contribution is 5.94. The molecule has 5 aromatic rings. The summed E-state index contributed by atoms with van der Waals surface area (Å²) in [6.07, 6.45) is 10.0. The van der Waals surface area contributed by atoms with E-state index in [4.69, 9.17) is 14.6 Å². The lowest BCUT2D eigenvalue weighted by Gasteiger charge is -2.12. The number of ether oxygens (including phenoxy) is 2. The van der Waals surface area contributed by atoms with Gasteiger partial charge in [-0.25, -0.2) is 14.6 Å². The van der Waals surface area contributed by atoms with Crippen molar-refractivity contribution in [3.05, 3.63) is 90.5 Å². The van der Waals surface area contributed by atoms with Crippen molar-refractivity contribution >= 4 is 28.6 Å². The van der Waals surface area contributed by atoms with E-state index in [2.05, 4.69) is 38.5 Å². The van der Waals surface area contributed by atoms with Crippen molar-refractivity contribution in [2.45, 2.75) is 6.42 Å². The van der Waals surface area contributed by atoms with Crippen LogP contribution in [0.3, 0.4) is 0 Å². The van der Waals surface area contributed by atoms with Gasteiger partial charge in [0.15, 0.2) is 11.5 Å². The number of hydrogen-bond donors (Lipinski definition) is 1. The average molecular weight is 448 g/mol. The normalized spacial score (nSPS) is 12.0. The molecule has 3 aromatic heterocycles. The van der Waals surface area contributed by atoms with Gasteiger partial charge in [-0.2, -0.15) is 0 Å². The van der Waals surface area contributed by atoms with Gasteiger partial charge in [0.1, 0.15) is 23.2 Å². The monoisotopic (exact) mass is 448 g/mol. The van der Waals surface area contributed by atoms with Gasteiger partial charge in [0.25, 0.3) is 0 Å². The smallest absolute Gasteiger partial charge is 0.229 e. The molecule has 0 unspecified atom stereocenters. The number of benzene rings is 2. The molecule has 1 N–H and O–H groups in total. The first-order chi connectivity index (χ1) is 16.8. The van der Waals surface area contributed by atoms with Gasteiger partial charge in [0.2, 0.25) is 5.88 Å². The van der Waals surface area contributed by atoms with E-state index in [1.165, 1.54) is 17.5 Å². The number of nitrogens with zero attached hydrogens (tertiary/aromatic N) is 5. The van der Waals surface area contributed by atoms with Crippen LogP contribution >= 0.6 is 0 Å². The molecule has 34 heavy (non-hydrogen) atoms. The van der Waals surface area contributed by atoms with Crippen LogP contribution < -0.4 is 14.8 Å². The number of pyridine rings is 1. The van der Waals surface area contributed by atoms with Crippen LogP contribution in [0.1, 0.15) is 11.1 Å². The number of aromatic nitrogens is 5. The van der Waals surface area contributed by atoms with Crippen LogP contribution in [0.2, 0.25) is 0 Å². The van der Waals surface area contributed by atoms with E-state index in [9.17, 15) is 0 Å². The fourth-order valence-corrected chi connectivity index (χ4v) is 4.09. The molecule has 8 heteroatoms. The predicted octanol–water partition coefficient (Wildman–Crippen LogP) is 5.32. The van der Waals surface area contributed by atoms with Crippen LogP contribution in [0.5, 0.6) is 17.4 Å². The molecule has 0 saturated carbocycles. The van der Waals surface area contributed by atoms with Gasteiger partial charge in [-0.3, -0.25) is 4.98 Å². The third-order valence-electron chi connectivity index (χ3n) is 5.64. The first-order valence-corrected chi connectivity index (χ1v) is 10.8. The summed E-state index contributed by atoms with van der Waals surface area (Å²) in [7, 11) is 1.58. The number of rotatable bonds is 6. The third kappa shape index (κ3) is 3.51. The topological polar surface area (TPSA) is 87.0 Å². The standard InChI is InChI=1S/C26H20N6O2/c1-33-26-23-24(31-32(25(23)28-16-29-26)19-11-13-27-14-12-19)30-18-7-4-8-20(15-18)34-22-10-3-6-17-5-2-9-21(17)22/h2-8,10-16H,9H2,1H3,(H,30,31). The van der Waals surface area contributed by atoms with Gasteiger partial charge < -0.3 is 14.8 Å². The third-order valence-corrected chi connectivity index (χ3v) is 5.64. The van der Waals surface area contributed by atoms with E-state index in [1.807, 2.05) is 48.5 Å². The molecule has 1 aliphatic rings. The Bertz CT molecular complexity index is 1530. The minimum Gasteiger partial charge on any atom is -0.480 e. The van der Waals surface area contributed by atoms with Crippen LogP contribution in [-0.2, 0) is 6.42 Å². The molecule has 0 aliphatic heterocycles. The Morgan fingerprint density at radius 3 is 2.76 bits per heavy atom. The molecule has 1 aliphatic carbocycles. The molecular formula is C26H20N6O2. The molecule has 0 fully saturated rings. The van der Waals surface area contributed by atoms with Crippen LogP contribution in [0.15, 0.2) is 79.4 Å². The van der Waals surface area contributed by atoms with Crippen molar-refractivity contribution in [2.75, 3.05) is 12.4 Å². The Labute approximate surface area is 195 Å². The molecule has 2 aromatic carbocycles. The fourth-order valence-electron chi connectivity index (χ4n) is 4.09. The van der Waals surface area contributed by atoms with Gasteiger partial charge in [0, 0.05) is 29.7 Å². The first-order valence-electron chi connectivity index (χ1n) is 10.8. The second kappa shape index (κ2) is 8.32. The van der Waals surface area contributed by atoms with Gasteiger partial charge >= 0.3 is 0 Å². The Morgan fingerprint density at radius 2 is 1.88 bits per heavy atom. The van der Waals surface area contributed by atoms with Crippen LogP contribution in [0, 0.1) is 0 Å². The molecule has 0 atom stereocenters. The van der Waals surface area contributed by atoms with Crippen molar-refractivity contribution in [3.63, 3.8) is 0 Å². The number of anilines is 2. The summed E-state index contributed by atoms with van der Waals surface area (Å²) < 4.78 is 13.5. The summed E-state index contributed by atoms with van der Waals surface area (Å²) in [6.45, 7) is 0. The maximum Gasteiger partial charge on any atom is 0.229 e. The molecule has 0 spiro atoms. The van der Waals surface area contributed by atoms with E-state index >= 15 is 0 Å². The van der Waals surface area contributed by atoms with Crippen molar-refractivity contribution in [3.8, 4) is 23.1 Å². The van der Waals surface area contributed by atoms with Crippen molar-refractivity contribution in [2.24, 2.45) is 0 Å². The minimum absolute atomic E-state index is 0.438. The lowest BCUT2D eigenvalue weighted by molar-refractivity contribution is 0.402. The number of allylic oxidation sites excluding steroid dienone is 1. The zero-order valence-electron chi connectivity index (χ0n) is 18.3. The van der Waals surface area contributed by atoms with Crippen LogP contribution in [-0.4, -0.2) is 31.8 Å². The predicted molar refractivity (Wildman–Crippen MR) is 130 cm³/mol. The van der Waals surface area contributed by atoms with E-state index in [1.54, 1.807) is 24.2 Å². The summed E-state index contributed by atoms with van der Waals surface area (Å²) in [6, 6.07) is 17.6. The van der Waals surface area contributed by atoms with E-state index in [0.717, 1.165) is 29.3 Å². The Morgan fingerprint density at radius 1 is 1.00 bits per heavy atom. The van der Waals surface area contributed by atoms with E-state index in [0.29, 0.717) is 22.7 Å². The van der Waals surface area contributed by atoms with E-state index in [-0.39, 0.29) is 0 Å². The molecule has 0 amide bonds. The zero-order chi connectivity index (χ0) is 22.9.